The van der Waals surface area contributed by atoms with E-state index in [0.717, 1.165) is 0 Å². The molecule has 0 aromatic heterocycles. The van der Waals surface area contributed by atoms with Crippen molar-refractivity contribution >= 4 is 34.0 Å². The van der Waals surface area contributed by atoms with Crippen molar-refractivity contribution in [3.05, 3.63) is 0 Å². The molecule has 5 atom stereocenters. The lowest BCUT2D eigenvalue weighted by molar-refractivity contribution is -0.0174. The van der Waals surface area contributed by atoms with Crippen LogP contribution in [-0.4, -0.2) is 53.6 Å². The van der Waals surface area contributed by atoms with Gasteiger partial charge in [-0.05, 0) is 50.7 Å². The molecule has 3 N–H and O–H groups in total. The van der Waals surface area contributed by atoms with E-state index in [2.05, 4.69) is 0 Å². The minimum absolute atomic E-state index is 0.183. The molecule has 0 aromatic carbocycles. The number of methoxy groups -OCH3 is 1. The highest BCUT2D eigenvalue weighted by Gasteiger charge is 2.45. The zero-order valence-corrected chi connectivity index (χ0v) is 16.4. The summed E-state index contributed by atoms with van der Waals surface area (Å²) in [7, 11) is 3.43. The van der Waals surface area contributed by atoms with Gasteiger partial charge in [0.05, 0.1) is 31.8 Å². The summed E-state index contributed by atoms with van der Waals surface area (Å²) in [5.41, 5.74) is -0.671. The molecule has 23 heavy (non-hydrogen) atoms. The van der Waals surface area contributed by atoms with Crippen molar-refractivity contribution in [3.8, 4) is 0 Å². The highest BCUT2D eigenvalue weighted by molar-refractivity contribution is 8.07. The smallest absolute Gasteiger partial charge is 0.325 e. The molecule has 1 aliphatic rings. The summed E-state index contributed by atoms with van der Waals surface area (Å²) >= 11 is 5.03. The molecule has 0 bridgehead atoms. The molecule has 2 unspecified atom stereocenters. The molecule has 1 aliphatic carbocycles. The molecule has 1 saturated carbocycles. The molecule has 0 aromatic rings. The maximum atomic E-state index is 11.1. The first-order chi connectivity index (χ1) is 10.2. The van der Waals surface area contributed by atoms with Gasteiger partial charge in [0.15, 0.2) is 0 Å². The van der Waals surface area contributed by atoms with Gasteiger partial charge in [-0.15, -0.1) is 0 Å². The molecule has 2 radical (unpaired) electrons. The minimum atomic E-state index is -4.09. The first-order valence-corrected chi connectivity index (χ1v) is 11.7. The fraction of sp³-hybridized carbons (Fsp3) is 1.00. The average Bonchev–Trinajstić information content (AvgIpc) is 2.58. The number of hydrogen-bond donors (Lipinski definition) is 3. The zero-order chi connectivity index (χ0) is 18.1. The standard InChI is InChI=1S/C12H25BO7P2S/c1-12(2,3)20-22(17,23)19-11-9(13)7-8(10(11)18-4)5-6-21(14,15)16/h8-11H,5-7H2,1-4H3,(H,17,23)(H2,14,15,16)/t8-,9?,10+,11-,22?/m0/s1. The van der Waals surface area contributed by atoms with Crippen LogP contribution in [0.15, 0.2) is 0 Å². The Hall–Kier alpha value is 0.705. The molecule has 0 aliphatic heterocycles. The first-order valence-electron chi connectivity index (χ1n) is 7.29. The largest absolute Gasteiger partial charge is 0.378 e. The normalized spacial score (nSPS) is 32.0. The highest BCUT2D eigenvalue weighted by atomic mass is 32.5. The van der Waals surface area contributed by atoms with Gasteiger partial charge in [0.25, 0.3) is 0 Å². The van der Waals surface area contributed by atoms with Crippen LogP contribution < -0.4 is 0 Å². The van der Waals surface area contributed by atoms with Crippen LogP contribution in [0, 0.1) is 5.92 Å². The van der Waals surface area contributed by atoms with Crippen molar-refractivity contribution in [1.29, 1.82) is 0 Å². The summed E-state index contributed by atoms with van der Waals surface area (Å²) in [4.78, 5) is 28.3. The lowest BCUT2D eigenvalue weighted by Crippen LogP contribution is -2.32. The average molecular weight is 386 g/mol. The van der Waals surface area contributed by atoms with Crippen LogP contribution >= 0.6 is 14.3 Å². The monoisotopic (exact) mass is 386 g/mol. The molecular formula is C12H25BO7P2S. The summed E-state index contributed by atoms with van der Waals surface area (Å²) in [5, 5.41) is 0. The molecule has 1 fully saturated rings. The third kappa shape index (κ3) is 7.64. The van der Waals surface area contributed by atoms with Crippen molar-refractivity contribution in [2.45, 2.75) is 57.2 Å². The predicted molar refractivity (Wildman–Crippen MR) is 92.2 cm³/mol. The Balaban J connectivity index is 2.78. The van der Waals surface area contributed by atoms with Crippen LogP contribution in [0.2, 0.25) is 5.82 Å². The van der Waals surface area contributed by atoms with Gasteiger partial charge >= 0.3 is 14.3 Å². The summed E-state index contributed by atoms with van der Waals surface area (Å²) in [6.07, 6.45) is -0.712. The second-order valence-corrected chi connectivity index (χ2v) is 11.3. The molecule has 0 heterocycles. The van der Waals surface area contributed by atoms with Gasteiger partial charge in [-0.3, -0.25) is 4.57 Å². The Morgan fingerprint density at radius 3 is 2.26 bits per heavy atom. The van der Waals surface area contributed by atoms with E-state index < -0.39 is 37.9 Å². The van der Waals surface area contributed by atoms with E-state index in [1.807, 2.05) is 0 Å². The molecule has 0 amide bonds. The second-order valence-electron chi connectivity index (χ2n) is 6.78. The zero-order valence-electron chi connectivity index (χ0n) is 13.8. The topological polar surface area (TPSA) is 105 Å². The fourth-order valence-electron chi connectivity index (χ4n) is 2.73. The molecular weight excluding hydrogens is 361 g/mol. The van der Waals surface area contributed by atoms with Crippen LogP contribution in [0.4, 0.5) is 0 Å². The first kappa shape index (κ1) is 21.7. The van der Waals surface area contributed by atoms with Crippen LogP contribution in [0.1, 0.15) is 33.6 Å². The second kappa shape index (κ2) is 7.94. The van der Waals surface area contributed by atoms with Crippen molar-refractivity contribution in [2.75, 3.05) is 13.3 Å². The number of rotatable bonds is 7. The predicted octanol–water partition coefficient (Wildman–Crippen LogP) is 1.96. The van der Waals surface area contributed by atoms with Crippen molar-refractivity contribution in [1.82, 2.24) is 0 Å². The van der Waals surface area contributed by atoms with E-state index >= 15 is 0 Å². The summed E-state index contributed by atoms with van der Waals surface area (Å²) in [6.45, 7) is 1.74. The lowest BCUT2D eigenvalue weighted by Gasteiger charge is -2.31. The molecule has 0 saturated heterocycles. The van der Waals surface area contributed by atoms with Gasteiger partial charge in [0.1, 0.15) is 0 Å². The SMILES string of the molecule is [B]C1C[C@H](CCP(=O)(O)O)[C@@H](OC)[C@H]1OP(O)(=S)OC(C)(C)C. The van der Waals surface area contributed by atoms with E-state index in [4.69, 9.17) is 43.2 Å². The lowest BCUT2D eigenvalue weighted by atomic mass is 9.83. The fourth-order valence-corrected chi connectivity index (χ4v) is 5.69. The van der Waals surface area contributed by atoms with E-state index in [-0.39, 0.29) is 18.5 Å². The Morgan fingerprint density at radius 2 is 1.83 bits per heavy atom. The van der Waals surface area contributed by atoms with Gasteiger partial charge in [-0.1, -0.05) is 6.42 Å². The maximum absolute atomic E-state index is 11.1. The third-order valence-electron chi connectivity index (χ3n) is 3.49. The summed E-state index contributed by atoms with van der Waals surface area (Å²) in [5.74, 6) is -0.642. The maximum Gasteiger partial charge on any atom is 0.325 e. The number of ether oxygens (including phenoxy) is 1. The molecule has 134 valence electrons. The Morgan fingerprint density at radius 1 is 1.26 bits per heavy atom. The molecule has 7 nitrogen and oxygen atoms in total. The Labute approximate surface area is 143 Å². The van der Waals surface area contributed by atoms with Gasteiger partial charge in [0, 0.05) is 7.11 Å². The van der Waals surface area contributed by atoms with Gasteiger partial charge in [0.2, 0.25) is 0 Å². The van der Waals surface area contributed by atoms with Crippen molar-refractivity contribution in [3.63, 3.8) is 0 Å². The Kier molecular flexibility index (Phi) is 7.51. The van der Waals surface area contributed by atoms with E-state index in [9.17, 15) is 9.46 Å². The van der Waals surface area contributed by atoms with E-state index in [0.29, 0.717) is 6.42 Å². The molecule has 11 heteroatoms. The van der Waals surface area contributed by atoms with Crippen LogP contribution in [0.25, 0.3) is 0 Å². The highest BCUT2D eigenvalue weighted by Crippen LogP contribution is 2.54. The summed E-state index contributed by atoms with van der Waals surface area (Å²) < 4.78 is 27.4. The molecule has 0 spiro atoms. The quantitative estimate of drug-likeness (QED) is 0.451. The third-order valence-corrected chi connectivity index (χ3v) is 6.10. The summed E-state index contributed by atoms with van der Waals surface area (Å²) in [6, 6.07) is 0. The molecule has 1 rings (SSSR count). The van der Waals surface area contributed by atoms with Crippen molar-refractivity contribution < 1.29 is 33.0 Å². The van der Waals surface area contributed by atoms with Crippen molar-refractivity contribution in [2.24, 2.45) is 5.92 Å². The van der Waals surface area contributed by atoms with E-state index in [1.54, 1.807) is 20.8 Å². The van der Waals surface area contributed by atoms with E-state index in [1.165, 1.54) is 7.11 Å². The van der Waals surface area contributed by atoms with Gasteiger partial charge in [-0.25, -0.2) is 0 Å². The van der Waals surface area contributed by atoms with Gasteiger partial charge in [-0.2, -0.15) is 0 Å². The number of hydrogen-bond acceptors (Lipinski definition) is 5. The van der Waals surface area contributed by atoms with Crippen LogP contribution in [0.3, 0.4) is 0 Å². The van der Waals surface area contributed by atoms with Crippen LogP contribution in [-0.2, 0) is 30.2 Å². The van der Waals surface area contributed by atoms with Crippen LogP contribution in [0.5, 0.6) is 0 Å². The minimum Gasteiger partial charge on any atom is -0.378 e. The van der Waals surface area contributed by atoms with Gasteiger partial charge < -0.3 is 28.5 Å². The Bertz CT molecular complexity index is 492.